The van der Waals surface area contributed by atoms with E-state index in [-0.39, 0.29) is 37.8 Å². The topological polar surface area (TPSA) is 115 Å². The van der Waals surface area contributed by atoms with Crippen LogP contribution in [0.2, 0.25) is 0 Å². The second kappa shape index (κ2) is 17.8. The summed E-state index contributed by atoms with van der Waals surface area (Å²) >= 11 is 0. The van der Waals surface area contributed by atoms with Gasteiger partial charge in [-0.1, -0.05) is 36.4 Å². The number of unbranched alkanes of at least 4 members (excludes halogenated alkanes) is 2. The highest BCUT2D eigenvalue weighted by Gasteiger charge is 2.30. The van der Waals surface area contributed by atoms with Crippen LogP contribution in [0.4, 0.5) is 13.2 Å². The molecule has 0 unspecified atom stereocenters. The summed E-state index contributed by atoms with van der Waals surface area (Å²) in [6.07, 6.45) is 0.0172. The highest BCUT2D eigenvalue weighted by atomic mass is 31.2. The molecule has 1 amide bonds. The number of ether oxygens (including phenoxy) is 3. The number of benzene rings is 3. The van der Waals surface area contributed by atoms with Crippen LogP contribution in [0.1, 0.15) is 48.8 Å². The Kier molecular flexibility index (Phi) is 14.2. The molecule has 3 rings (SSSR count). The number of halogens is 3. The van der Waals surface area contributed by atoms with Crippen LogP contribution in [-0.4, -0.2) is 53.8 Å². The maximum absolute atomic E-state index is 13.0. The fourth-order valence-corrected chi connectivity index (χ4v) is 4.87. The molecule has 246 valence electrons. The van der Waals surface area contributed by atoms with Gasteiger partial charge in [0, 0.05) is 19.5 Å². The van der Waals surface area contributed by atoms with Gasteiger partial charge < -0.3 is 28.9 Å². The van der Waals surface area contributed by atoms with Crippen LogP contribution in [0.15, 0.2) is 72.8 Å². The third kappa shape index (κ3) is 14.8. The van der Waals surface area contributed by atoms with Crippen LogP contribution >= 0.6 is 7.82 Å². The standard InChI is InChI=1S/C32H39F3NO8P/c1-41-28-16-14-27(15-17-28)24-36(20-22-43-45(38,39)40)31(37)11-3-2-8-26-9-6-10-30(23-26)42-21-5-4-7-25-12-18-29(19-13-25)44-32(33,34)35/h6,9-10,12-19,23H,2-5,7-8,11,20-22,24H2,1H3,(H2,38,39,40). The summed E-state index contributed by atoms with van der Waals surface area (Å²) in [5, 5.41) is 0. The van der Waals surface area contributed by atoms with Crippen LogP contribution in [0.25, 0.3) is 0 Å². The Morgan fingerprint density at radius 2 is 1.44 bits per heavy atom. The van der Waals surface area contributed by atoms with Crippen molar-refractivity contribution in [1.29, 1.82) is 0 Å². The first-order valence-corrected chi connectivity index (χ1v) is 16.1. The smallest absolute Gasteiger partial charge is 0.497 e. The molecule has 0 saturated carbocycles. The number of carbonyl (C=O) groups excluding carboxylic acids is 1. The molecule has 0 aliphatic carbocycles. The highest BCUT2D eigenvalue weighted by Crippen LogP contribution is 2.35. The van der Waals surface area contributed by atoms with E-state index in [9.17, 15) is 22.5 Å². The maximum atomic E-state index is 13.0. The van der Waals surface area contributed by atoms with Crippen LogP contribution in [0.3, 0.4) is 0 Å². The molecule has 0 atom stereocenters. The van der Waals surface area contributed by atoms with E-state index in [1.165, 1.54) is 17.0 Å². The van der Waals surface area contributed by atoms with Gasteiger partial charge in [-0.25, -0.2) is 4.57 Å². The summed E-state index contributed by atoms with van der Waals surface area (Å²) in [6, 6.07) is 20.8. The number of rotatable bonds is 19. The van der Waals surface area contributed by atoms with Gasteiger partial charge in [-0.15, -0.1) is 13.2 Å². The van der Waals surface area contributed by atoms with Gasteiger partial charge in [0.25, 0.3) is 0 Å². The zero-order valence-corrected chi connectivity index (χ0v) is 26.0. The van der Waals surface area contributed by atoms with Gasteiger partial charge in [0.2, 0.25) is 5.91 Å². The lowest BCUT2D eigenvalue weighted by atomic mass is 10.1. The minimum absolute atomic E-state index is 0.0402. The first-order chi connectivity index (χ1) is 21.4. The number of aryl methyl sites for hydroxylation is 2. The van der Waals surface area contributed by atoms with Crippen molar-refractivity contribution in [3.8, 4) is 17.2 Å². The molecule has 0 spiro atoms. The average molecular weight is 654 g/mol. The van der Waals surface area contributed by atoms with Crippen LogP contribution in [0.5, 0.6) is 17.2 Å². The third-order valence-corrected chi connectivity index (χ3v) is 7.31. The van der Waals surface area contributed by atoms with Crippen molar-refractivity contribution in [2.45, 2.75) is 57.9 Å². The number of phosphoric acid groups is 1. The highest BCUT2D eigenvalue weighted by molar-refractivity contribution is 7.46. The van der Waals surface area contributed by atoms with Crippen LogP contribution in [-0.2, 0) is 33.3 Å². The van der Waals surface area contributed by atoms with Gasteiger partial charge in [0.05, 0.1) is 20.3 Å². The molecule has 45 heavy (non-hydrogen) atoms. The number of hydrogen-bond donors (Lipinski definition) is 2. The van der Waals surface area contributed by atoms with Crippen molar-refractivity contribution in [1.82, 2.24) is 4.90 Å². The van der Waals surface area contributed by atoms with Crippen LogP contribution in [0, 0.1) is 0 Å². The minimum Gasteiger partial charge on any atom is -0.497 e. The van der Waals surface area contributed by atoms with Crippen molar-refractivity contribution in [3.63, 3.8) is 0 Å². The summed E-state index contributed by atoms with van der Waals surface area (Å²) in [5.41, 5.74) is 2.85. The Hall–Kier alpha value is -3.57. The van der Waals surface area contributed by atoms with E-state index in [4.69, 9.17) is 19.3 Å². The number of hydrogen-bond acceptors (Lipinski definition) is 6. The van der Waals surface area contributed by atoms with Gasteiger partial charge >= 0.3 is 14.2 Å². The zero-order chi connectivity index (χ0) is 32.7. The molecule has 0 aliphatic rings. The Balaban J connectivity index is 1.38. The molecule has 2 N–H and O–H groups in total. The molecule has 0 aliphatic heterocycles. The van der Waals surface area contributed by atoms with E-state index < -0.39 is 14.2 Å². The molecule has 0 aromatic heterocycles. The number of phosphoric ester groups is 1. The SMILES string of the molecule is COc1ccc(CN(CCOP(=O)(O)O)C(=O)CCCCc2cccc(OCCCCc3ccc(OC(F)(F)F)cc3)c2)cc1. The second-order valence-corrected chi connectivity index (χ2v) is 11.6. The molecule has 3 aromatic rings. The molecular formula is C32H39F3NO8P. The van der Waals surface area contributed by atoms with Crippen molar-refractivity contribution >= 4 is 13.7 Å². The lowest BCUT2D eigenvalue weighted by Crippen LogP contribution is -2.33. The normalized spacial score (nSPS) is 11.7. The molecule has 0 fully saturated rings. The quantitative estimate of drug-likeness (QED) is 0.107. The van der Waals surface area contributed by atoms with Gasteiger partial charge in [-0.2, -0.15) is 0 Å². The Bertz CT molecular complexity index is 1360. The van der Waals surface area contributed by atoms with Crippen molar-refractivity contribution in [3.05, 3.63) is 89.5 Å². The van der Waals surface area contributed by atoms with E-state index >= 15 is 0 Å². The lowest BCUT2D eigenvalue weighted by molar-refractivity contribution is -0.274. The number of methoxy groups -OCH3 is 1. The van der Waals surface area contributed by atoms with Gasteiger partial charge in [-0.05, 0) is 91.6 Å². The van der Waals surface area contributed by atoms with E-state index in [0.717, 1.165) is 48.1 Å². The molecule has 0 radical (unpaired) electrons. The number of nitrogens with zero attached hydrogens (tertiary/aromatic N) is 1. The van der Waals surface area contributed by atoms with Crippen molar-refractivity contribution in [2.75, 3.05) is 26.9 Å². The first kappa shape index (κ1) is 35.9. The lowest BCUT2D eigenvalue weighted by Gasteiger charge is -2.23. The second-order valence-electron chi connectivity index (χ2n) is 10.3. The summed E-state index contributed by atoms with van der Waals surface area (Å²) in [6.45, 7) is 0.532. The summed E-state index contributed by atoms with van der Waals surface area (Å²) in [4.78, 5) is 32.5. The third-order valence-electron chi connectivity index (χ3n) is 6.80. The monoisotopic (exact) mass is 653 g/mol. The molecular weight excluding hydrogens is 614 g/mol. The van der Waals surface area contributed by atoms with Gasteiger partial charge in [0.15, 0.2) is 0 Å². The summed E-state index contributed by atoms with van der Waals surface area (Å²) in [7, 11) is -3.08. The predicted octanol–water partition coefficient (Wildman–Crippen LogP) is 6.85. The van der Waals surface area contributed by atoms with Crippen molar-refractivity contribution in [2.24, 2.45) is 0 Å². The Morgan fingerprint density at radius 1 is 0.800 bits per heavy atom. The fourth-order valence-electron chi connectivity index (χ4n) is 4.55. The molecule has 13 heteroatoms. The molecule has 9 nitrogen and oxygen atoms in total. The van der Waals surface area contributed by atoms with E-state index in [1.807, 2.05) is 36.4 Å². The maximum Gasteiger partial charge on any atom is 0.573 e. The average Bonchev–Trinajstić information content (AvgIpc) is 2.98. The minimum atomic E-state index is -4.70. The predicted molar refractivity (Wildman–Crippen MR) is 162 cm³/mol. The molecule has 0 saturated heterocycles. The largest absolute Gasteiger partial charge is 0.573 e. The Labute approximate surface area is 261 Å². The number of carbonyl (C=O) groups is 1. The summed E-state index contributed by atoms with van der Waals surface area (Å²) in [5.74, 6) is 1.05. The van der Waals surface area contributed by atoms with Crippen LogP contribution < -0.4 is 14.2 Å². The molecule has 0 heterocycles. The van der Waals surface area contributed by atoms with Crippen molar-refractivity contribution < 1.29 is 51.1 Å². The fraction of sp³-hybridized carbons (Fsp3) is 0.406. The van der Waals surface area contributed by atoms with Gasteiger partial charge in [-0.3, -0.25) is 9.32 Å². The zero-order valence-electron chi connectivity index (χ0n) is 25.1. The van der Waals surface area contributed by atoms with E-state index in [1.54, 1.807) is 31.4 Å². The first-order valence-electron chi connectivity index (χ1n) is 14.6. The number of amides is 1. The Morgan fingerprint density at radius 3 is 2.11 bits per heavy atom. The molecule has 0 bridgehead atoms. The number of alkyl halides is 3. The van der Waals surface area contributed by atoms with E-state index in [0.29, 0.717) is 25.2 Å². The van der Waals surface area contributed by atoms with E-state index in [2.05, 4.69) is 9.26 Å². The summed E-state index contributed by atoms with van der Waals surface area (Å²) < 4.78 is 67.5. The van der Waals surface area contributed by atoms with Gasteiger partial charge in [0.1, 0.15) is 17.2 Å². The molecule has 3 aromatic carbocycles.